The van der Waals surface area contributed by atoms with Gasteiger partial charge in [0.2, 0.25) is 0 Å². The zero-order valence-corrected chi connectivity index (χ0v) is 18.5. The molecule has 0 bridgehead atoms. The number of methoxy groups -OCH3 is 1. The lowest BCUT2D eigenvalue weighted by Gasteiger charge is -2.35. The smallest absolute Gasteiger partial charge is 0.336 e. The number of carbonyl (C=O) groups excluding carboxylic acids is 1. The third kappa shape index (κ3) is 3.69. The first-order valence-corrected chi connectivity index (χ1v) is 10.7. The van der Waals surface area contributed by atoms with E-state index in [0.29, 0.717) is 40.4 Å². The fourth-order valence-electron chi connectivity index (χ4n) is 4.69. The molecule has 0 amide bonds. The molecule has 1 atom stereocenters. The van der Waals surface area contributed by atoms with E-state index in [-0.39, 0.29) is 5.69 Å². The number of fused-ring (bicyclic) bond motifs is 2. The van der Waals surface area contributed by atoms with Crippen molar-refractivity contribution in [1.29, 1.82) is 0 Å². The number of rotatable bonds is 5. The number of nitro benzene ring substituents is 1. The van der Waals surface area contributed by atoms with Crippen molar-refractivity contribution in [1.82, 2.24) is 9.88 Å². The molecule has 0 radical (unpaired) electrons. The van der Waals surface area contributed by atoms with Crippen molar-refractivity contribution in [2.24, 2.45) is 0 Å². The summed E-state index contributed by atoms with van der Waals surface area (Å²) in [7, 11) is 1.32. The molecule has 1 aromatic heterocycles. The van der Waals surface area contributed by atoms with Crippen LogP contribution in [0.25, 0.3) is 0 Å². The Morgan fingerprint density at radius 1 is 1.44 bits per heavy atom. The van der Waals surface area contributed by atoms with Gasteiger partial charge in [-0.3, -0.25) is 15.0 Å². The number of nitrogens with two attached hydrogens (primary N) is 1. The third-order valence-electron chi connectivity index (χ3n) is 6.16. The number of carbonyl (C=O) groups is 1. The van der Waals surface area contributed by atoms with Crippen LogP contribution in [0.1, 0.15) is 48.6 Å². The van der Waals surface area contributed by atoms with Crippen LogP contribution in [0.5, 0.6) is 0 Å². The zero-order valence-electron chi connectivity index (χ0n) is 18.5. The van der Waals surface area contributed by atoms with Gasteiger partial charge in [0.25, 0.3) is 5.69 Å². The van der Waals surface area contributed by atoms with Crippen molar-refractivity contribution in [2.45, 2.75) is 39.2 Å². The molecule has 168 valence electrons. The molecular formula is C23H27N5O4. The SMILES string of the molecule is CCCN1CCc2nc3c(c(N)c2C1)C(c1cccc([N+](=O)[O-])c1)C(C(=O)OC)=C(C)N3. The maximum atomic E-state index is 12.8. The van der Waals surface area contributed by atoms with Gasteiger partial charge >= 0.3 is 5.97 Å². The van der Waals surface area contributed by atoms with Gasteiger partial charge in [-0.2, -0.15) is 0 Å². The molecule has 1 aromatic carbocycles. The van der Waals surface area contributed by atoms with Gasteiger partial charge in [0.15, 0.2) is 0 Å². The molecule has 9 heteroatoms. The summed E-state index contributed by atoms with van der Waals surface area (Å²) >= 11 is 0. The Bertz CT molecular complexity index is 1130. The number of hydrogen-bond acceptors (Lipinski definition) is 8. The van der Waals surface area contributed by atoms with Gasteiger partial charge in [-0.05, 0) is 25.5 Å². The van der Waals surface area contributed by atoms with Gasteiger partial charge in [-0.1, -0.05) is 19.1 Å². The van der Waals surface area contributed by atoms with E-state index in [0.717, 1.165) is 37.2 Å². The summed E-state index contributed by atoms with van der Waals surface area (Å²) in [6, 6.07) is 6.30. The maximum absolute atomic E-state index is 12.8. The highest BCUT2D eigenvalue weighted by atomic mass is 16.6. The van der Waals surface area contributed by atoms with Crippen molar-refractivity contribution < 1.29 is 14.5 Å². The second-order valence-corrected chi connectivity index (χ2v) is 8.18. The van der Waals surface area contributed by atoms with E-state index >= 15 is 0 Å². The Balaban J connectivity index is 1.93. The standard InChI is InChI=1S/C23H27N5O4/c1-4-9-27-10-8-17-16(12-27)21(24)20-19(14-6-5-7-15(11-14)28(30)31)18(23(29)32-3)13(2)25-22(20)26-17/h5-7,11,19H,4,8-10,12H2,1-3H3,(H3,24,25,26). The average molecular weight is 438 g/mol. The van der Waals surface area contributed by atoms with Gasteiger partial charge < -0.3 is 15.8 Å². The number of allylic oxidation sites excluding steroid dienone is 1. The Labute approximate surface area is 186 Å². The predicted molar refractivity (Wildman–Crippen MR) is 121 cm³/mol. The van der Waals surface area contributed by atoms with E-state index in [1.807, 2.05) is 0 Å². The number of pyridine rings is 1. The first kappa shape index (κ1) is 21.8. The first-order chi connectivity index (χ1) is 15.3. The normalized spacial score (nSPS) is 17.9. The fraction of sp³-hybridized carbons (Fsp3) is 0.391. The van der Waals surface area contributed by atoms with Crippen molar-refractivity contribution in [3.63, 3.8) is 0 Å². The van der Waals surface area contributed by atoms with Crippen LogP contribution in [0, 0.1) is 10.1 Å². The number of aromatic nitrogens is 1. The molecule has 0 spiro atoms. The lowest BCUT2D eigenvalue weighted by molar-refractivity contribution is -0.384. The van der Waals surface area contributed by atoms with Gasteiger partial charge in [0.1, 0.15) is 5.82 Å². The lowest BCUT2D eigenvalue weighted by Crippen LogP contribution is -2.34. The Morgan fingerprint density at radius 3 is 2.91 bits per heavy atom. The molecule has 3 N–H and O–H groups in total. The molecule has 2 aliphatic rings. The van der Waals surface area contributed by atoms with Gasteiger partial charge in [0, 0.05) is 60.1 Å². The molecule has 3 heterocycles. The average Bonchev–Trinajstić information content (AvgIpc) is 2.78. The fourth-order valence-corrected chi connectivity index (χ4v) is 4.69. The summed E-state index contributed by atoms with van der Waals surface area (Å²) in [4.78, 5) is 31.0. The molecule has 9 nitrogen and oxygen atoms in total. The summed E-state index contributed by atoms with van der Waals surface area (Å²) in [6.07, 6.45) is 1.84. The van der Waals surface area contributed by atoms with E-state index in [1.54, 1.807) is 19.1 Å². The number of nitrogen functional groups attached to an aromatic ring is 1. The van der Waals surface area contributed by atoms with Crippen molar-refractivity contribution >= 4 is 23.2 Å². The molecule has 0 saturated carbocycles. The van der Waals surface area contributed by atoms with Crippen LogP contribution >= 0.6 is 0 Å². The minimum atomic E-state index is -0.627. The van der Waals surface area contributed by atoms with Gasteiger partial charge in [0.05, 0.1) is 23.3 Å². The zero-order chi connectivity index (χ0) is 23.0. The molecule has 2 aromatic rings. The summed E-state index contributed by atoms with van der Waals surface area (Å²) in [5.41, 5.74) is 11.4. The predicted octanol–water partition coefficient (Wildman–Crippen LogP) is 3.34. The van der Waals surface area contributed by atoms with Crippen LogP contribution in [0.4, 0.5) is 17.2 Å². The largest absolute Gasteiger partial charge is 0.466 e. The lowest BCUT2D eigenvalue weighted by atomic mass is 9.79. The Morgan fingerprint density at radius 2 is 2.22 bits per heavy atom. The minimum Gasteiger partial charge on any atom is -0.466 e. The summed E-state index contributed by atoms with van der Waals surface area (Å²) in [5.74, 6) is -0.549. The number of non-ortho nitro benzene ring substituents is 1. The number of hydrogen-bond donors (Lipinski definition) is 2. The third-order valence-corrected chi connectivity index (χ3v) is 6.16. The highest BCUT2D eigenvalue weighted by molar-refractivity contribution is 5.95. The molecule has 1 unspecified atom stereocenters. The van der Waals surface area contributed by atoms with E-state index < -0.39 is 16.8 Å². The summed E-state index contributed by atoms with van der Waals surface area (Å²) < 4.78 is 5.07. The molecule has 4 rings (SSSR count). The number of nitrogens with zero attached hydrogens (tertiary/aromatic N) is 3. The summed E-state index contributed by atoms with van der Waals surface area (Å²) in [5, 5.41) is 14.7. The van der Waals surface area contributed by atoms with Gasteiger partial charge in [-0.15, -0.1) is 0 Å². The van der Waals surface area contributed by atoms with Crippen LogP contribution < -0.4 is 11.1 Å². The second kappa shape index (κ2) is 8.58. The van der Waals surface area contributed by atoms with E-state index in [9.17, 15) is 14.9 Å². The van der Waals surface area contributed by atoms with Crippen molar-refractivity contribution in [3.05, 3.63) is 68.0 Å². The van der Waals surface area contributed by atoms with Crippen molar-refractivity contribution in [2.75, 3.05) is 31.2 Å². The molecule has 0 aliphatic carbocycles. The van der Waals surface area contributed by atoms with Gasteiger partial charge in [-0.25, -0.2) is 9.78 Å². The first-order valence-electron chi connectivity index (χ1n) is 10.7. The highest BCUT2D eigenvalue weighted by Gasteiger charge is 2.37. The number of nitro groups is 1. The molecule has 0 saturated heterocycles. The van der Waals surface area contributed by atoms with E-state index in [1.165, 1.54) is 19.2 Å². The quantitative estimate of drug-likeness (QED) is 0.415. The van der Waals surface area contributed by atoms with Crippen molar-refractivity contribution in [3.8, 4) is 0 Å². The number of nitrogens with one attached hydrogen (secondary N) is 1. The molecule has 2 aliphatic heterocycles. The van der Waals surface area contributed by atoms with Crippen LogP contribution in [0.3, 0.4) is 0 Å². The molecule has 0 fully saturated rings. The second-order valence-electron chi connectivity index (χ2n) is 8.18. The van der Waals surface area contributed by atoms with E-state index in [4.69, 9.17) is 15.5 Å². The monoisotopic (exact) mass is 437 g/mol. The minimum absolute atomic E-state index is 0.0527. The van der Waals surface area contributed by atoms with Crippen LogP contribution in [0.15, 0.2) is 35.5 Å². The Hall–Kier alpha value is -3.46. The number of esters is 1. The number of benzene rings is 1. The molecular weight excluding hydrogens is 410 g/mol. The maximum Gasteiger partial charge on any atom is 0.336 e. The topological polar surface area (TPSA) is 124 Å². The van der Waals surface area contributed by atoms with Crippen LogP contribution in [0.2, 0.25) is 0 Å². The number of ether oxygens (including phenoxy) is 1. The highest BCUT2D eigenvalue weighted by Crippen LogP contribution is 2.46. The molecule has 32 heavy (non-hydrogen) atoms. The number of anilines is 2. The summed E-state index contributed by atoms with van der Waals surface area (Å²) in [6.45, 7) is 6.49. The Kier molecular flexibility index (Phi) is 5.84. The van der Waals surface area contributed by atoms with E-state index in [2.05, 4.69) is 17.1 Å². The van der Waals surface area contributed by atoms with Crippen LogP contribution in [-0.4, -0.2) is 41.0 Å². The van der Waals surface area contributed by atoms with Crippen LogP contribution in [-0.2, 0) is 22.5 Å².